The van der Waals surface area contributed by atoms with Crippen molar-refractivity contribution in [1.29, 1.82) is 0 Å². The molecular formula is C15H28N2. The lowest BCUT2D eigenvalue weighted by Gasteiger charge is -2.55. The average molecular weight is 236 g/mol. The van der Waals surface area contributed by atoms with Crippen LogP contribution in [0.1, 0.15) is 46.0 Å². The van der Waals surface area contributed by atoms with E-state index in [4.69, 9.17) is 0 Å². The van der Waals surface area contributed by atoms with Crippen molar-refractivity contribution in [3.8, 4) is 0 Å². The minimum absolute atomic E-state index is 0.603. The topological polar surface area (TPSA) is 6.48 Å². The molecule has 4 fully saturated rings. The van der Waals surface area contributed by atoms with Crippen molar-refractivity contribution < 1.29 is 0 Å². The van der Waals surface area contributed by atoms with Gasteiger partial charge in [0.1, 0.15) is 0 Å². The van der Waals surface area contributed by atoms with E-state index in [0.29, 0.717) is 5.54 Å². The predicted octanol–water partition coefficient (Wildman–Crippen LogP) is 2.59. The summed E-state index contributed by atoms with van der Waals surface area (Å²) in [5, 5.41) is 0. The highest BCUT2D eigenvalue weighted by molar-refractivity contribution is 5.07. The van der Waals surface area contributed by atoms with Crippen molar-refractivity contribution in [1.82, 2.24) is 9.80 Å². The highest BCUT2D eigenvalue weighted by atomic mass is 15.3. The lowest BCUT2D eigenvalue weighted by atomic mass is 9.71. The Morgan fingerprint density at radius 3 is 2.53 bits per heavy atom. The van der Waals surface area contributed by atoms with Crippen molar-refractivity contribution in [2.45, 2.75) is 51.5 Å². The fourth-order valence-corrected chi connectivity index (χ4v) is 4.49. The van der Waals surface area contributed by atoms with Crippen LogP contribution in [-0.4, -0.2) is 48.1 Å². The largest absolute Gasteiger partial charge is 0.301 e. The third-order valence-electron chi connectivity index (χ3n) is 5.49. The van der Waals surface area contributed by atoms with Crippen molar-refractivity contribution in [2.75, 3.05) is 32.7 Å². The lowest BCUT2D eigenvalue weighted by molar-refractivity contribution is -0.0519. The molecule has 0 aromatic heterocycles. The van der Waals surface area contributed by atoms with Crippen LogP contribution in [0.25, 0.3) is 0 Å². The Balaban J connectivity index is 1.71. The molecule has 4 aliphatic rings. The standard InChI is InChI=1S/C15H28N2/c1-13(2)4-11-17-8-3-7-15(17)12-16-9-5-14(15)6-10-16/h13-14H,3-12H2,1-2H3. The summed E-state index contributed by atoms with van der Waals surface area (Å²) in [4.78, 5) is 5.61. The molecule has 0 saturated carbocycles. The maximum atomic E-state index is 2.88. The Morgan fingerprint density at radius 2 is 1.94 bits per heavy atom. The summed E-state index contributed by atoms with van der Waals surface area (Å²) in [6.07, 6.45) is 7.25. The lowest BCUT2D eigenvalue weighted by Crippen LogP contribution is -2.64. The van der Waals surface area contributed by atoms with Gasteiger partial charge in [-0.2, -0.15) is 0 Å². The van der Waals surface area contributed by atoms with Gasteiger partial charge in [0.05, 0.1) is 0 Å². The second kappa shape index (κ2) is 4.55. The molecule has 4 rings (SSSR count). The van der Waals surface area contributed by atoms with Crippen LogP contribution in [-0.2, 0) is 0 Å². The quantitative estimate of drug-likeness (QED) is 0.743. The molecule has 0 aliphatic carbocycles. The molecule has 4 aliphatic heterocycles. The number of fused-ring (bicyclic) bond motifs is 2. The minimum Gasteiger partial charge on any atom is -0.301 e. The highest BCUT2D eigenvalue weighted by Crippen LogP contribution is 2.45. The summed E-state index contributed by atoms with van der Waals surface area (Å²) in [5.74, 6) is 1.87. The third-order valence-corrected chi connectivity index (χ3v) is 5.49. The van der Waals surface area contributed by atoms with Gasteiger partial charge in [-0.05, 0) is 70.1 Å². The second-order valence-corrected chi connectivity index (χ2v) is 6.93. The van der Waals surface area contributed by atoms with Crippen LogP contribution >= 0.6 is 0 Å². The Hall–Kier alpha value is -0.0800. The molecule has 17 heavy (non-hydrogen) atoms. The molecular weight excluding hydrogens is 208 g/mol. The van der Waals surface area contributed by atoms with Gasteiger partial charge in [0.2, 0.25) is 0 Å². The first-order chi connectivity index (χ1) is 8.21. The maximum absolute atomic E-state index is 2.88. The molecule has 1 unspecified atom stereocenters. The molecule has 0 radical (unpaired) electrons. The molecule has 0 aromatic carbocycles. The molecule has 2 heteroatoms. The maximum Gasteiger partial charge on any atom is 0.0365 e. The highest BCUT2D eigenvalue weighted by Gasteiger charge is 2.51. The number of hydrogen-bond donors (Lipinski definition) is 0. The van der Waals surface area contributed by atoms with E-state index < -0.39 is 0 Å². The fraction of sp³-hybridized carbons (Fsp3) is 1.00. The van der Waals surface area contributed by atoms with Crippen molar-refractivity contribution >= 4 is 0 Å². The van der Waals surface area contributed by atoms with Gasteiger partial charge in [-0.3, -0.25) is 4.90 Å². The second-order valence-electron chi connectivity index (χ2n) is 6.93. The first-order valence-electron chi connectivity index (χ1n) is 7.68. The van der Waals surface area contributed by atoms with Gasteiger partial charge in [0.15, 0.2) is 0 Å². The number of hydrogen-bond acceptors (Lipinski definition) is 2. The Bertz CT molecular complexity index is 268. The summed E-state index contributed by atoms with van der Waals surface area (Å²) in [5.41, 5.74) is 0.603. The molecule has 0 amide bonds. The van der Waals surface area contributed by atoms with E-state index in [1.54, 1.807) is 0 Å². The molecule has 2 nitrogen and oxygen atoms in total. The van der Waals surface area contributed by atoms with E-state index >= 15 is 0 Å². The smallest absolute Gasteiger partial charge is 0.0365 e. The molecule has 4 saturated heterocycles. The minimum atomic E-state index is 0.603. The number of nitrogens with zero attached hydrogens (tertiary/aromatic N) is 2. The number of likely N-dealkylation sites (tertiary alicyclic amines) is 1. The fourth-order valence-electron chi connectivity index (χ4n) is 4.49. The normalized spacial score (nSPS) is 41.8. The van der Waals surface area contributed by atoms with E-state index in [0.717, 1.165) is 11.8 Å². The average Bonchev–Trinajstić information content (AvgIpc) is 2.71. The van der Waals surface area contributed by atoms with Crippen LogP contribution in [0.4, 0.5) is 0 Å². The van der Waals surface area contributed by atoms with E-state index in [9.17, 15) is 0 Å². The van der Waals surface area contributed by atoms with E-state index in [1.165, 1.54) is 64.8 Å². The van der Waals surface area contributed by atoms with Crippen LogP contribution in [0.15, 0.2) is 0 Å². The SMILES string of the molecule is CC(C)CCN1CCCC12CN1CCC2CC1. The van der Waals surface area contributed by atoms with Crippen LogP contribution in [0.2, 0.25) is 0 Å². The third kappa shape index (κ3) is 2.04. The Kier molecular flexibility index (Phi) is 3.20. The van der Waals surface area contributed by atoms with Gasteiger partial charge in [-0.1, -0.05) is 13.8 Å². The van der Waals surface area contributed by atoms with Gasteiger partial charge in [-0.15, -0.1) is 0 Å². The molecule has 2 bridgehead atoms. The van der Waals surface area contributed by atoms with E-state index in [2.05, 4.69) is 23.6 Å². The molecule has 4 heterocycles. The van der Waals surface area contributed by atoms with Gasteiger partial charge >= 0.3 is 0 Å². The monoisotopic (exact) mass is 236 g/mol. The molecule has 1 spiro atoms. The summed E-state index contributed by atoms with van der Waals surface area (Å²) >= 11 is 0. The summed E-state index contributed by atoms with van der Waals surface area (Å²) < 4.78 is 0. The van der Waals surface area contributed by atoms with Crippen LogP contribution in [0, 0.1) is 11.8 Å². The zero-order chi connectivity index (χ0) is 11.9. The van der Waals surface area contributed by atoms with Gasteiger partial charge in [-0.25, -0.2) is 0 Å². The van der Waals surface area contributed by atoms with Crippen molar-refractivity contribution in [3.63, 3.8) is 0 Å². The van der Waals surface area contributed by atoms with Crippen LogP contribution in [0.3, 0.4) is 0 Å². The molecule has 0 N–H and O–H groups in total. The van der Waals surface area contributed by atoms with Crippen molar-refractivity contribution in [3.05, 3.63) is 0 Å². The first-order valence-corrected chi connectivity index (χ1v) is 7.68. The van der Waals surface area contributed by atoms with Gasteiger partial charge < -0.3 is 4.90 Å². The Morgan fingerprint density at radius 1 is 1.18 bits per heavy atom. The summed E-state index contributed by atoms with van der Waals surface area (Å²) in [6, 6.07) is 0. The van der Waals surface area contributed by atoms with Gasteiger partial charge in [0, 0.05) is 12.1 Å². The number of piperidine rings is 3. The van der Waals surface area contributed by atoms with Crippen molar-refractivity contribution in [2.24, 2.45) is 11.8 Å². The first kappa shape index (κ1) is 12.0. The van der Waals surface area contributed by atoms with Crippen LogP contribution in [0.5, 0.6) is 0 Å². The zero-order valence-corrected chi connectivity index (χ0v) is 11.6. The van der Waals surface area contributed by atoms with E-state index in [1.807, 2.05) is 0 Å². The summed E-state index contributed by atoms with van der Waals surface area (Å²) in [6.45, 7) is 11.6. The zero-order valence-electron chi connectivity index (χ0n) is 11.6. The summed E-state index contributed by atoms with van der Waals surface area (Å²) in [7, 11) is 0. The number of rotatable bonds is 3. The van der Waals surface area contributed by atoms with E-state index in [-0.39, 0.29) is 0 Å². The Labute approximate surface area is 106 Å². The predicted molar refractivity (Wildman–Crippen MR) is 72.2 cm³/mol. The molecule has 0 aromatic rings. The molecule has 98 valence electrons. The van der Waals surface area contributed by atoms with Crippen LogP contribution < -0.4 is 0 Å². The molecule has 1 atom stereocenters. The van der Waals surface area contributed by atoms with Gasteiger partial charge in [0.25, 0.3) is 0 Å².